The molecule has 0 saturated carbocycles. The van der Waals surface area contributed by atoms with Crippen molar-refractivity contribution < 1.29 is 13.2 Å². The highest BCUT2D eigenvalue weighted by Gasteiger charge is 2.12. The summed E-state index contributed by atoms with van der Waals surface area (Å²) in [5.41, 5.74) is 0. The van der Waals surface area contributed by atoms with Gasteiger partial charge in [-0.1, -0.05) is 19.9 Å². The third kappa shape index (κ3) is 4.81. The predicted octanol–water partition coefficient (Wildman–Crippen LogP) is 1.28. The standard InChI is InChI=1S/C11H19NO3S/c1-9-4-5-11(8-10(9)2)15-7-6-12-16(3,13)14/h4-5,8-10,12H,6-7H2,1-3H3/t9-,10+/m0/s1. The smallest absolute Gasteiger partial charge is 0.208 e. The molecule has 0 saturated heterocycles. The van der Waals surface area contributed by atoms with E-state index in [1.807, 2.05) is 6.08 Å². The van der Waals surface area contributed by atoms with E-state index in [0.29, 0.717) is 25.0 Å². The molecule has 0 aromatic heterocycles. The van der Waals surface area contributed by atoms with Crippen LogP contribution in [0.5, 0.6) is 0 Å². The van der Waals surface area contributed by atoms with Crippen molar-refractivity contribution in [2.75, 3.05) is 19.4 Å². The average molecular weight is 245 g/mol. The number of ether oxygens (including phenoxy) is 1. The molecule has 5 heteroatoms. The maximum atomic E-state index is 10.8. The van der Waals surface area contributed by atoms with E-state index in [4.69, 9.17) is 4.74 Å². The summed E-state index contributed by atoms with van der Waals surface area (Å²) in [5, 5.41) is 0. The first-order chi connectivity index (χ1) is 7.38. The highest BCUT2D eigenvalue weighted by molar-refractivity contribution is 7.88. The van der Waals surface area contributed by atoms with E-state index in [0.717, 1.165) is 12.0 Å². The minimum absolute atomic E-state index is 0.300. The highest BCUT2D eigenvalue weighted by Crippen LogP contribution is 2.22. The van der Waals surface area contributed by atoms with Crippen molar-refractivity contribution >= 4 is 10.0 Å². The van der Waals surface area contributed by atoms with E-state index in [2.05, 4.69) is 30.7 Å². The Balaban J connectivity index is 2.29. The van der Waals surface area contributed by atoms with Gasteiger partial charge in [0.1, 0.15) is 12.4 Å². The van der Waals surface area contributed by atoms with Gasteiger partial charge in [-0.25, -0.2) is 13.1 Å². The molecule has 0 radical (unpaired) electrons. The Morgan fingerprint density at radius 3 is 2.62 bits per heavy atom. The van der Waals surface area contributed by atoms with Crippen LogP contribution >= 0.6 is 0 Å². The van der Waals surface area contributed by atoms with Gasteiger partial charge in [0.25, 0.3) is 0 Å². The molecule has 1 aliphatic carbocycles. The Hall–Kier alpha value is -0.810. The van der Waals surface area contributed by atoms with E-state index in [-0.39, 0.29) is 0 Å². The van der Waals surface area contributed by atoms with Crippen LogP contribution in [-0.2, 0) is 14.8 Å². The molecule has 4 nitrogen and oxygen atoms in total. The number of sulfonamides is 1. The van der Waals surface area contributed by atoms with Crippen molar-refractivity contribution in [3.8, 4) is 0 Å². The number of nitrogens with one attached hydrogen (secondary N) is 1. The van der Waals surface area contributed by atoms with Gasteiger partial charge >= 0.3 is 0 Å². The lowest BCUT2D eigenvalue weighted by molar-refractivity contribution is 0.224. The number of hydrogen-bond acceptors (Lipinski definition) is 3. The molecule has 0 aromatic rings. The van der Waals surface area contributed by atoms with E-state index in [1.54, 1.807) is 0 Å². The topological polar surface area (TPSA) is 55.4 Å². The number of rotatable bonds is 5. The summed E-state index contributed by atoms with van der Waals surface area (Å²) in [6.45, 7) is 4.93. The Bertz CT molecular complexity index is 384. The fourth-order valence-electron chi connectivity index (χ4n) is 1.38. The quantitative estimate of drug-likeness (QED) is 0.742. The van der Waals surface area contributed by atoms with Gasteiger partial charge in [0, 0.05) is 6.54 Å². The van der Waals surface area contributed by atoms with Crippen LogP contribution in [0.1, 0.15) is 13.8 Å². The van der Waals surface area contributed by atoms with E-state index >= 15 is 0 Å². The third-order valence-electron chi connectivity index (χ3n) is 2.56. The van der Waals surface area contributed by atoms with Crippen LogP contribution in [0, 0.1) is 11.8 Å². The molecule has 1 N–H and O–H groups in total. The summed E-state index contributed by atoms with van der Waals surface area (Å²) in [6.07, 6.45) is 7.23. The van der Waals surface area contributed by atoms with Crippen molar-refractivity contribution in [2.24, 2.45) is 11.8 Å². The van der Waals surface area contributed by atoms with Gasteiger partial charge in [0.05, 0.1) is 6.26 Å². The molecule has 0 fully saturated rings. The predicted molar refractivity (Wildman–Crippen MR) is 64.3 cm³/mol. The van der Waals surface area contributed by atoms with Gasteiger partial charge in [-0.15, -0.1) is 0 Å². The van der Waals surface area contributed by atoms with Gasteiger partial charge in [0.15, 0.2) is 0 Å². The molecule has 16 heavy (non-hydrogen) atoms. The molecule has 0 spiro atoms. The largest absolute Gasteiger partial charge is 0.493 e. The van der Waals surface area contributed by atoms with Gasteiger partial charge in [-0.2, -0.15) is 0 Å². The summed E-state index contributed by atoms with van der Waals surface area (Å²) in [4.78, 5) is 0. The van der Waals surface area contributed by atoms with E-state index < -0.39 is 10.0 Å². The zero-order valence-corrected chi connectivity index (χ0v) is 10.8. The van der Waals surface area contributed by atoms with Crippen LogP contribution in [0.25, 0.3) is 0 Å². The third-order valence-corrected chi connectivity index (χ3v) is 3.28. The highest BCUT2D eigenvalue weighted by atomic mass is 32.2. The lowest BCUT2D eigenvalue weighted by atomic mass is 9.91. The Kier molecular flexibility index (Phi) is 4.56. The number of allylic oxidation sites excluding steroid dienone is 3. The maximum absolute atomic E-state index is 10.8. The van der Waals surface area contributed by atoms with Crippen LogP contribution in [0.4, 0.5) is 0 Å². The molecule has 1 aliphatic rings. The first-order valence-corrected chi connectivity index (χ1v) is 7.25. The average Bonchev–Trinajstić information content (AvgIpc) is 2.17. The minimum Gasteiger partial charge on any atom is -0.493 e. The fraction of sp³-hybridized carbons (Fsp3) is 0.636. The molecule has 1 rings (SSSR count). The number of hydrogen-bond donors (Lipinski definition) is 1. The molecule has 0 aliphatic heterocycles. The Labute approximate surface area is 97.4 Å². The normalized spacial score (nSPS) is 25.3. The summed E-state index contributed by atoms with van der Waals surface area (Å²) >= 11 is 0. The zero-order chi connectivity index (χ0) is 12.2. The summed E-state index contributed by atoms with van der Waals surface area (Å²) in [6, 6.07) is 0. The molecule has 0 unspecified atom stereocenters. The zero-order valence-electron chi connectivity index (χ0n) is 9.93. The second kappa shape index (κ2) is 5.50. The van der Waals surface area contributed by atoms with Crippen LogP contribution in [0.3, 0.4) is 0 Å². The summed E-state index contributed by atoms with van der Waals surface area (Å²) in [5.74, 6) is 1.81. The molecule has 0 bridgehead atoms. The second-order valence-electron chi connectivity index (χ2n) is 4.16. The molecule has 92 valence electrons. The lowest BCUT2D eigenvalue weighted by Crippen LogP contribution is -2.26. The summed E-state index contributed by atoms with van der Waals surface area (Å²) < 4.78 is 29.4. The van der Waals surface area contributed by atoms with Gasteiger partial charge in [-0.05, 0) is 24.0 Å². The SMILES string of the molecule is C[C@@H]1C=C(OCCNS(C)(=O)=O)C=C[C@@H]1C. The first-order valence-electron chi connectivity index (χ1n) is 5.36. The molecule has 2 atom stereocenters. The Morgan fingerprint density at radius 1 is 1.38 bits per heavy atom. The first kappa shape index (κ1) is 13.3. The van der Waals surface area contributed by atoms with Crippen LogP contribution in [0.15, 0.2) is 24.0 Å². The van der Waals surface area contributed by atoms with Gasteiger partial charge < -0.3 is 4.74 Å². The molecular weight excluding hydrogens is 226 g/mol. The van der Waals surface area contributed by atoms with E-state index in [9.17, 15) is 8.42 Å². The maximum Gasteiger partial charge on any atom is 0.208 e. The van der Waals surface area contributed by atoms with Gasteiger partial charge in [-0.3, -0.25) is 0 Å². The van der Waals surface area contributed by atoms with Crippen LogP contribution in [-0.4, -0.2) is 27.8 Å². The monoisotopic (exact) mass is 245 g/mol. The molecular formula is C11H19NO3S. The van der Waals surface area contributed by atoms with Crippen LogP contribution in [0.2, 0.25) is 0 Å². The molecule has 0 amide bonds. The van der Waals surface area contributed by atoms with Crippen LogP contribution < -0.4 is 4.72 Å². The molecule has 0 heterocycles. The van der Waals surface area contributed by atoms with Crippen molar-refractivity contribution in [3.63, 3.8) is 0 Å². The fourth-order valence-corrected chi connectivity index (χ4v) is 1.83. The summed E-state index contributed by atoms with van der Waals surface area (Å²) in [7, 11) is -3.11. The lowest BCUT2D eigenvalue weighted by Gasteiger charge is -2.19. The minimum atomic E-state index is -3.11. The van der Waals surface area contributed by atoms with Crippen molar-refractivity contribution in [2.45, 2.75) is 13.8 Å². The van der Waals surface area contributed by atoms with Crippen molar-refractivity contribution in [1.82, 2.24) is 4.72 Å². The van der Waals surface area contributed by atoms with Crippen molar-refractivity contribution in [3.05, 3.63) is 24.0 Å². The second-order valence-corrected chi connectivity index (χ2v) is 5.99. The van der Waals surface area contributed by atoms with E-state index in [1.165, 1.54) is 0 Å². The van der Waals surface area contributed by atoms with Crippen molar-refractivity contribution in [1.29, 1.82) is 0 Å². The van der Waals surface area contributed by atoms with Gasteiger partial charge in [0.2, 0.25) is 10.0 Å². The Morgan fingerprint density at radius 2 is 2.06 bits per heavy atom. The molecule has 0 aromatic carbocycles.